The summed E-state index contributed by atoms with van der Waals surface area (Å²) in [4.78, 5) is 13.8. The predicted molar refractivity (Wildman–Crippen MR) is 79.1 cm³/mol. The molecule has 3 heteroatoms. The van der Waals surface area contributed by atoms with E-state index in [1.807, 2.05) is 0 Å². The fraction of sp³-hybridized carbons (Fsp3) is 0.938. The van der Waals surface area contributed by atoms with Gasteiger partial charge in [0.25, 0.3) is 0 Å². The van der Waals surface area contributed by atoms with E-state index in [4.69, 9.17) is 4.74 Å². The molecule has 0 aromatic carbocycles. The summed E-state index contributed by atoms with van der Waals surface area (Å²) in [7, 11) is 0. The van der Waals surface area contributed by atoms with Crippen molar-refractivity contribution in [2.45, 2.75) is 59.3 Å². The van der Waals surface area contributed by atoms with Gasteiger partial charge in [0.1, 0.15) is 0 Å². The number of carbonyl (C=O) groups excluding carboxylic acids is 1. The molecule has 1 heterocycles. The van der Waals surface area contributed by atoms with Gasteiger partial charge in [0.15, 0.2) is 0 Å². The topological polar surface area (TPSA) is 29.5 Å². The van der Waals surface area contributed by atoms with Crippen molar-refractivity contribution in [3.63, 3.8) is 0 Å². The predicted octanol–water partition coefficient (Wildman–Crippen LogP) is 3.48. The van der Waals surface area contributed by atoms with E-state index in [0.717, 1.165) is 25.4 Å². The first-order valence-corrected chi connectivity index (χ1v) is 7.96. The molecule has 1 aliphatic heterocycles. The van der Waals surface area contributed by atoms with Gasteiger partial charge in [-0.25, -0.2) is 0 Å². The maximum Gasteiger partial charge on any atom is 0.320 e. The number of nitrogens with zero attached hydrogens (tertiary/aromatic N) is 1. The molecule has 0 spiro atoms. The second-order valence-corrected chi connectivity index (χ2v) is 6.42. The number of hydrogen-bond donors (Lipinski definition) is 0. The molecule has 1 saturated heterocycles. The van der Waals surface area contributed by atoms with Crippen molar-refractivity contribution in [1.29, 1.82) is 0 Å². The highest BCUT2D eigenvalue weighted by atomic mass is 16.5. The van der Waals surface area contributed by atoms with Gasteiger partial charge < -0.3 is 4.74 Å². The van der Waals surface area contributed by atoms with Crippen LogP contribution in [0.4, 0.5) is 0 Å². The van der Waals surface area contributed by atoms with Crippen molar-refractivity contribution < 1.29 is 9.53 Å². The van der Waals surface area contributed by atoms with Crippen LogP contribution in [-0.4, -0.2) is 37.1 Å². The minimum atomic E-state index is -0.0451. The van der Waals surface area contributed by atoms with E-state index in [0.29, 0.717) is 19.1 Å². The highest BCUT2D eigenvalue weighted by Crippen LogP contribution is 2.15. The van der Waals surface area contributed by atoms with Gasteiger partial charge in [0.05, 0.1) is 13.2 Å². The van der Waals surface area contributed by atoms with Crippen molar-refractivity contribution in [2.24, 2.45) is 11.8 Å². The van der Waals surface area contributed by atoms with Gasteiger partial charge in [-0.15, -0.1) is 0 Å². The van der Waals surface area contributed by atoms with Gasteiger partial charge in [0, 0.05) is 0 Å². The van der Waals surface area contributed by atoms with E-state index in [-0.39, 0.29) is 5.97 Å². The molecule has 0 saturated carbocycles. The van der Waals surface area contributed by atoms with E-state index in [1.54, 1.807) is 0 Å². The minimum Gasteiger partial charge on any atom is -0.465 e. The molecule has 19 heavy (non-hydrogen) atoms. The van der Waals surface area contributed by atoms with Crippen molar-refractivity contribution in [3.05, 3.63) is 0 Å². The number of esters is 1. The standard InChI is InChI=1S/C16H31NO2/c1-14(2)7-6-8-15(3)9-12-19-16(18)13-17-10-4-5-11-17/h14-15H,4-13H2,1-3H3/t15-/m1/s1. The molecule has 0 bridgehead atoms. The minimum absolute atomic E-state index is 0.0451. The Bertz CT molecular complexity index is 247. The first-order valence-electron chi connectivity index (χ1n) is 7.96. The Morgan fingerprint density at radius 2 is 1.79 bits per heavy atom. The van der Waals surface area contributed by atoms with E-state index < -0.39 is 0 Å². The second kappa shape index (κ2) is 9.35. The lowest BCUT2D eigenvalue weighted by molar-refractivity contribution is -0.145. The molecule has 1 atom stereocenters. The summed E-state index contributed by atoms with van der Waals surface area (Å²) in [5.41, 5.74) is 0. The van der Waals surface area contributed by atoms with Crippen LogP contribution in [0.15, 0.2) is 0 Å². The Morgan fingerprint density at radius 1 is 1.11 bits per heavy atom. The number of carbonyl (C=O) groups is 1. The normalized spacial score (nSPS) is 17.9. The average Bonchev–Trinajstić information content (AvgIpc) is 2.81. The first kappa shape index (κ1) is 16.5. The van der Waals surface area contributed by atoms with Crippen molar-refractivity contribution in [3.8, 4) is 0 Å². The molecule has 112 valence electrons. The monoisotopic (exact) mass is 269 g/mol. The van der Waals surface area contributed by atoms with Gasteiger partial charge >= 0.3 is 5.97 Å². The molecule has 1 rings (SSSR count). The number of ether oxygens (including phenoxy) is 1. The third-order valence-electron chi connectivity index (χ3n) is 3.90. The Labute approximate surface area is 118 Å². The fourth-order valence-corrected chi connectivity index (χ4v) is 2.56. The van der Waals surface area contributed by atoms with Gasteiger partial charge in [0.2, 0.25) is 0 Å². The van der Waals surface area contributed by atoms with E-state index in [9.17, 15) is 4.79 Å². The van der Waals surface area contributed by atoms with Crippen molar-refractivity contribution in [2.75, 3.05) is 26.2 Å². The van der Waals surface area contributed by atoms with Crippen LogP contribution in [0.1, 0.15) is 59.3 Å². The van der Waals surface area contributed by atoms with E-state index in [1.165, 1.54) is 32.1 Å². The maximum absolute atomic E-state index is 11.6. The zero-order chi connectivity index (χ0) is 14.1. The van der Waals surface area contributed by atoms with Crippen LogP contribution in [0.25, 0.3) is 0 Å². The lowest BCUT2D eigenvalue weighted by Gasteiger charge is -2.15. The Hall–Kier alpha value is -0.570. The van der Waals surface area contributed by atoms with Gasteiger partial charge in [-0.1, -0.05) is 40.0 Å². The highest BCUT2D eigenvalue weighted by molar-refractivity contribution is 5.71. The van der Waals surface area contributed by atoms with Crippen LogP contribution in [0, 0.1) is 11.8 Å². The van der Waals surface area contributed by atoms with Crippen LogP contribution in [0.5, 0.6) is 0 Å². The Morgan fingerprint density at radius 3 is 2.42 bits per heavy atom. The quantitative estimate of drug-likeness (QED) is 0.600. The smallest absolute Gasteiger partial charge is 0.320 e. The molecule has 0 N–H and O–H groups in total. The molecule has 1 aliphatic rings. The molecule has 0 radical (unpaired) electrons. The van der Waals surface area contributed by atoms with E-state index in [2.05, 4.69) is 25.7 Å². The van der Waals surface area contributed by atoms with Crippen LogP contribution in [-0.2, 0) is 9.53 Å². The second-order valence-electron chi connectivity index (χ2n) is 6.42. The summed E-state index contributed by atoms with van der Waals surface area (Å²) in [5, 5.41) is 0. The van der Waals surface area contributed by atoms with Crippen LogP contribution in [0.3, 0.4) is 0 Å². The maximum atomic E-state index is 11.6. The zero-order valence-corrected chi connectivity index (χ0v) is 13.0. The first-order chi connectivity index (χ1) is 9.08. The van der Waals surface area contributed by atoms with Crippen LogP contribution >= 0.6 is 0 Å². The highest BCUT2D eigenvalue weighted by Gasteiger charge is 2.15. The number of likely N-dealkylation sites (tertiary alicyclic amines) is 1. The molecule has 3 nitrogen and oxygen atoms in total. The molecule has 0 aromatic rings. The largest absolute Gasteiger partial charge is 0.465 e. The van der Waals surface area contributed by atoms with Gasteiger partial charge in [-0.3, -0.25) is 9.69 Å². The lowest BCUT2D eigenvalue weighted by atomic mass is 9.98. The molecule has 0 unspecified atom stereocenters. The summed E-state index contributed by atoms with van der Waals surface area (Å²) in [6, 6.07) is 0. The fourth-order valence-electron chi connectivity index (χ4n) is 2.56. The van der Waals surface area contributed by atoms with Gasteiger partial charge in [-0.05, 0) is 44.2 Å². The van der Waals surface area contributed by atoms with Crippen molar-refractivity contribution >= 4 is 5.97 Å². The van der Waals surface area contributed by atoms with Gasteiger partial charge in [-0.2, -0.15) is 0 Å². The number of hydrogen-bond acceptors (Lipinski definition) is 3. The third-order valence-corrected chi connectivity index (χ3v) is 3.90. The third kappa shape index (κ3) is 8.25. The summed E-state index contributed by atoms with van der Waals surface area (Å²) in [5.74, 6) is 1.42. The summed E-state index contributed by atoms with van der Waals surface area (Å²) < 4.78 is 5.32. The number of rotatable bonds is 9. The molecular weight excluding hydrogens is 238 g/mol. The molecule has 0 aromatic heterocycles. The summed E-state index contributed by atoms with van der Waals surface area (Å²) in [6.07, 6.45) is 7.30. The lowest BCUT2D eigenvalue weighted by Crippen LogP contribution is -2.28. The van der Waals surface area contributed by atoms with E-state index >= 15 is 0 Å². The van der Waals surface area contributed by atoms with Crippen LogP contribution in [0.2, 0.25) is 0 Å². The summed E-state index contributed by atoms with van der Waals surface area (Å²) in [6.45, 7) is 9.99. The van der Waals surface area contributed by atoms with Crippen molar-refractivity contribution in [1.82, 2.24) is 4.90 Å². The summed E-state index contributed by atoms with van der Waals surface area (Å²) >= 11 is 0. The Kier molecular flexibility index (Phi) is 8.11. The Balaban J connectivity index is 1.97. The molecular formula is C16H31NO2. The SMILES string of the molecule is CC(C)CCC[C@@H](C)CCOC(=O)CN1CCCC1. The zero-order valence-electron chi connectivity index (χ0n) is 13.0. The van der Waals surface area contributed by atoms with Crippen LogP contribution < -0.4 is 0 Å². The molecule has 0 amide bonds. The average molecular weight is 269 g/mol. The molecule has 1 fully saturated rings. The molecule has 0 aliphatic carbocycles.